The molecular weight excluding hydrogens is 598 g/mol. The molecule has 2 fully saturated rings. The monoisotopic (exact) mass is 645 g/mol. The summed E-state index contributed by atoms with van der Waals surface area (Å²) in [5, 5.41) is 18.0. The molecular formula is C32H47N5O7S. The number of carboxylic acids is 1. The first-order valence-corrected chi connectivity index (χ1v) is 17.5. The van der Waals surface area contributed by atoms with E-state index in [1.807, 2.05) is 26.0 Å². The van der Waals surface area contributed by atoms with Gasteiger partial charge in [-0.15, -0.1) is 0 Å². The first kappa shape index (κ1) is 34.4. The Labute approximate surface area is 266 Å². The Morgan fingerprint density at radius 2 is 1.89 bits per heavy atom. The Hall–Kier alpha value is -3.45. The number of likely N-dealkylation sites (tertiary alicyclic amines) is 1. The van der Waals surface area contributed by atoms with Crippen LogP contribution in [0.4, 0.5) is 4.79 Å². The number of urea groups is 1. The van der Waals surface area contributed by atoms with E-state index in [9.17, 15) is 32.7 Å². The minimum atomic E-state index is -3.67. The molecule has 4 rings (SSSR count). The van der Waals surface area contributed by atoms with Crippen LogP contribution < -0.4 is 16.0 Å². The third kappa shape index (κ3) is 8.04. The SMILES string of the molecule is CCCCCC/C=C\C1C[C@]1(NC(=O)[C@@H]1CCCN1C(=O)CNC(=O)NC(CN1Cc2ccccc2S1(=O)=O)C(C)C)C(=O)O. The lowest BCUT2D eigenvalue weighted by molar-refractivity contribution is -0.145. The Bertz CT molecular complexity index is 1400. The zero-order chi connectivity index (χ0) is 32.8. The smallest absolute Gasteiger partial charge is 0.330 e. The van der Waals surface area contributed by atoms with Crippen molar-refractivity contribution in [1.29, 1.82) is 0 Å². The quantitative estimate of drug-likeness (QED) is 0.168. The maximum absolute atomic E-state index is 13.2. The molecule has 4 amide bonds. The van der Waals surface area contributed by atoms with Crippen LogP contribution in [0.5, 0.6) is 0 Å². The Morgan fingerprint density at radius 3 is 2.58 bits per heavy atom. The fourth-order valence-electron chi connectivity index (χ4n) is 6.14. The van der Waals surface area contributed by atoms with Gasteiger partial charge in [0, 0.05) is 31.6 Å². The molecule has 248 valence electrons. The molecule has 13 heteroatoms. The Morgan fingerprint density at radius 1 is 1.13 bits per heavy atom. The Balaban J connectivity index is 1.27. The predicted octanol–water partition coefficient (Wildman–Crippen LogP) is 2.99. The standard InChI is InChI=1S/C32H47N5O7S/c1-4-5-6-7-8-9-14-24-18-32(24,30(40)41)35-29(39)26-15-12-17-37(26)28(38)19-33-31(42)34-25(22(2)3)21-36-20-23-13-10-11-16-27(23)45(36,43)44/h9-11,13-14,16,22,24-26H,4-8,12,15,17-21H2,1-3H3,(H,35,39)(H,40,41)(H2,33,34,42)/b14-9-/t24?,25?,26-,32+/m0/s1. The molecule has 3 aliphatic rings. The molecule has 45 heavy (non-hydrogen) atoms. The van der Waals surface area contributed by atoms with E-state index < -0.39 is 51.5 Å². The van der Waals surface area contributed by atoms with Crippen LogP contribution in [0, 0.1) is 11.8 Å². The lowest BCUT2D eigenvalue weighted by atomic mass is 10.0. The van der Waals surface area contributed by atoms with E-state index in [-0.39, 0.29) is 36.4 Å². The first-order valence-electron chi connectivity index (χ1n) is 16.0. The molecule has 0 spiro atoms. The summed E-state index contributed by atoms with van der Waals surface area (Å²) < 4.78 is 27.3. The van der Waals surface area contributed by atoms with Crippen molar-refractivity contribution in [2.45, 2.75) is 101 Å². The van der Waals surface area contributed by atoms with Crippen molar-refractivity contribution in [1.82, 2.24) is 25.2 Å². The molecule has 1 aromatic rings. The normalized spacial score (nSPS) is 24.4. The van der Waals surface area contributed by atoms with E-state index in [0.29, 0.717) is 31.4 Å². The average Bonchev–Trinajstić information content (AvgIpc) is 3.34. The number of aliphatic carboxylic acids is 1. The number of fused-ring (bicyclic) bond motifs is 1. The molecule has 1 saturated carbocycles. The number of carbonyl (C=O) groups excluding carboxylic acids is 3. The number of benzene rings is 1. The van der Waals surface area contributed by atoms with Gasteiger partial charge < -0.3 is 26.0 Å². The molecule has 1 aromatic carbocycles. The summed E-state index contributed by atoms with van der Waals surface area (Å²) in [6, 6.07) is 4.86. The van der Waals surface area contributed by atoms with E-state index in [2.05, 4.69) is 22.9 Å². The van der Waals surface area contributed by atoms with E-state index in [1.54, 1.807) is 24.3 Å². The van der Waals surface area contributed by atoms with Crippen LogP contribution in [0.25, 0.3) is 0 Å². The highest BCUT2D eigenvalue weighted by atomic mass is 32.2. The molecule has 0 radical (unpaired) electrons. The summed E-state index contributed by atoms with van der Waals surface area (Å²) in [6.07, 6.45) is 10.5. The number of nitrogens with zero attached hydrogens (tertiary/aromatic N) is 2. The molecule has 0 aromatic heterocycles. The number of rotatable bonds is 15. The lowest BCUT2D eigenvalue weighted by Gasteiger charge is -2.28. The van der Waals surface area contributed by atoms with Gasteiger partial charge in [-0.2, -0.15) is 4.31 Å². The van der Waals surface area contributed by atoms with Gasteiger partial charge in [0.1, 0.15) is 11.6 Å². The fourth-order valence-corrected chi connectivity index (χ4v) is 7.79. The van der Waals surface area contributed by atoms with E-state index in [0.717, 1.165) is 25.7 Å². The number of carboxylic acid groups (broad SMARTS) is 1. The largest absolute Gasteiger partial charge is 0.479 e. The van der Waals surface area contributed by atoms with E-state index in [1.165, 1.54) is 15.6 Å². The van der Waals surface area contributed by atoms with Gasteiger partial charge in [-0.1, -0.05) is 70.4 Å². The second-order valence-electron chi connectivity index (χ2n) is 12.7. The highest BCUT2D eigenvalue weighted by molar-refractivity contribution is 7.89. The van der Waals surface area contributed by atoms with Crippen LogP contribution in [-0.2, 0) is 31.0 Å². The topological polar surface area (TPSA) is 165 Å². The molecule has 0 bridgehead atoms. The second-order valence-corrected chi connectivity index (χ2v) is 14.6. The molecule has 1 aliphatic carbocycles. The van der Waals surface area contributed by atoms with E-state index in [4.69, 9.17) is 0 Å². The molecule has 2 heterocycles. The van der Waals surface area contributed by atoms with E-state index >= 15 is 0 Å². The molecule has 2 aliphatic heterocycles. The lowest BCUT2D eigenvalue weighted by Crippen LogP contribution is -2.55. The predicted molar refractivity (Wildman–Crippen MR) is 168 cm³/mol. The van der Waals surface area contributed by atoms with Gasteiger partial charge >= 0.3 is 12.0 Å². The third-order valence-corrected chi connectivity index (χ3v) is 11.0. The third-order valence-electron chi connectivity index (χ3n) is 9.07. The van der Waals surface area contributed by atoms with Gasteiger partial charge in [0.2, 0.25) is 21.8 Å². The second kappa shape index (κ2) is 14.8. The number of nitrogens with one attached hydrogen (secondary N) is 3. The molecule has 12 nitrogen and oxygen atoms in total. The summed E-state index contributed by atoms with van der Waals surface area (Å²) in [5.74, 6) is -2.43. The summed E-state index contributed by atoms with van der Waals surface area (Å²) in [4.78, 5) is 52.9. The molecule has 4 N–H and O–H groups in total. The van der Waals surface area contributed by atoms with Crippen LogP contribution in [0.3, 0.4) is 0 Å². The number of hydrogen-bond acceptors (Lipinski definition) is 6. The molecule has 2 unspecified atom stereocenters. The minimum absolute atomic E-state index is 0.0742. The highest BCUT2D eigenvalue weighted by Crippen LogP contribution is 2.45. The van der Waals surface area contributed by atoms with Crippen LogP contribution in [-0.4, -0.2) is 83.8 Å². The van der Waals surface area contributed by atoms with Crippen molar-refractivity contribution in [2.24, 2.45) is 11.8 Å². The summed E-state index contributed by atoms with van der Waals surface area (Å²) in [6.45, 7) is 6.15. The van der Waals surface area contributed by atoms with Gasteiger partial charge in [-0.25, -0.2) is 18.0 Å². The summed E-state index contributed by atoms with van der Waals surface area (Å²) >= 11 is 0. The van der Waals surface area contributed by atoms with Crippen molar-refractivity contribution in [3.05, 3.63) is 42.0 Å². The van der Waals surface area contributed by atoms with Crippen LogP contribution in [0.1, 0.15) is 77.7 Å². The van der Waals surface area contributed by atoms with Crippen LogP contribution in [0.15, 0.2) is 41.3 Å². The van der Waals surface area contributed by atoms with Crippen LogP contribution >= 0.6 is 0 Å². The van der Waals surface area contributed by atoms with Crippen molar-refractivity contribution in [3.63, 3.8) is 0 Å². The van der Waals surface area contributed by atoms with Gasteiger partial charge in [0.25, 0.3) is 0 Å². The maximum Gasteiger partial charge on any atom is 0.330 e. The molecule has 1 saturated heterocycles. The maximum atomic E-state index is 13.2. The van der Waals surface area contributed by atoms with Gasteiger partial charge in [-0.05, 0) is 49.7 Å². The van der Waals surface area contributed by atoms with Gasteiger partial charge in [0.15, 0.2) is 0 Å². The van der Waals surface area contributed by atoms with Crippen molar-refractivity contribution in [2.75, 3.05) is 19.6 Å². The number of hydrogen-bond donors (Lipinski definition) is 4. The number of carbonyl (C=O) groups is 4. The number of sulfonamides is 1. The zero-order valence-corrected chi connectivity index (χ0v) is 27.3. The van der Waals surface area contributed by atoms with Gasteiger partial charge in [-0.3, -0.25) is 9.59 Å². The first-order chi connectivity index (χ1) is 21.4. The number of allylic oxidation sites excluding steroid dienone is 1. The Kier molecular flexibility index (Phi) is 11.3. The number of unbranched alkanes of at least 4 members (excludes halogenated alkanes) is 4. The van der Waals surface area contributed by atoms with Crippen molar-refractivity contribution < 1.29 is 32.7 Å². The minimum Gasteiger partial charge on any atom is -0.479 e. The van der Waals surface area contributed by atoms with Crippen molar-refractivity contribution in [3.8, 4) is 0 Å². The zero-order valence-electron chi connectivity index (χ0n) is 26.5. The van der Waals surface area contributed by atoms with Gasteiger partial charge in [0.05, 0.1) is 11.4 Å². The van der Waals surface area contributed by atoms with Crippen molar-refractivity contribution >= 4 is 33.8 Å². The average molecular weight is 646 g/mol. The summed E-state index contributed by atoms with van der Waals surface area (Å²) in [7, 11) is -3.67. The van der Waals surface area contributed by atoms with Crippen LogP contribution in [0.2, 0.25) is 0 Å². The summed E-state index contributed by atoms with van der Waals surface area (Å²) in [5.41, 5.74) is -0.650. The molecule has 4 atom stereocenters. The number of amides is 4. The highest BCUT2D eigenvalue weighted by Gasteiger charge is 2.61. The fraction of sp³-hybridized carbons (Fsp3) is 0.625.